The highest BCUT2D eigenvalue weighted by Gasteiger charge is 2.14. The van der Waals surface area contributed by atoms with Crippen molar-refractivity contribution >= 4 is 6.08 Å². The van der Waals surface area contributed by atoms with Crippen molar-refractivity contribution in [2.45, 2.75) is 18.9 Å². The maximum Gasteiger partial charge on any atom is 0.122 e. The average Bonchev–Trinajstić information content (AvgIpc) is 2.39. The SMILES string of the molecule is NC/C=C/c1ccc(OC2CCCOC2)cc1. The van der Waals surface area contributed by atoms with Gasteiger partial charge in [0.1, 0.15) is 11.9 Å². The summed E-state index contributed by atoms with van der Waals surface area (Å²) < 4.78 is 11.2. The van der Waals surface area contributed by atoms with Crippen LogP contribution in [0.3, 0.4) is 0 Å². The van der Waals surface area contributed by atoms with Crippen LogP contribution in [0.2, 0.25) is 0 Å². The van der Waals surface area contributed by atoms with Gasteiger partial charge in [0.25, 0.3) is 0 Å². The highest BCUT2D eigenvalue weighted by Crippen LogP contribution is 2.18. The molecule has 1 unspecified atom stereocenters. The second-order valence-electron chi connectivity index (χ2n) is 4.16. The smallest absolute Gasteiger partial charge is 0.122 e. The molecular weight excluding hydrogens is 214 g/mol. The Morgan fingerprint density at radius 3 is 2.82 bits per heavy atom. The van der Waals surface area contributed by atoms with E-state index in [2.05, 4.69) is 0 Å². The van der Waals surface area contributed by atoms with Crippen molar-refractivity contribution in [2.24, 2.45) is 5.73 Å². The van der Waals surface area contributed by atoms with E-state index in [-0.39, 0.29) is 6.10 Å². The molecule has 1 aliphatic heterocycles. The molecule has 1 aromatic rings. The summed E-state index contributed by atoms with van der Waals surface area (Å²) in [6, 6.07) is 8.05. The molecule has 0 bridgehead atoms. The summed E-state index contributed by atoms with van der Waals surface area (Å²) in [5.41, 5.74) is 6.55. The van der Waals surface area contributed by atoms with Gasteiger partial charge in [-0.05, 0) is 30.5 Å². The molecule has 2 rings (SSSR count). The van der Waals surface area contributed by atoms with Gasteiger partial charge in [0.05, 0.1) is 6.61 Å². The number of benzene rings is 1. The third-order valence-corrected chi connectivity index (χ3v) is 2.75. The summed E-state index contributed by atoms with van der Waals surface area (Å²) in [6.07, 6.45) is 6.31. The first-order valence-corrected chi connectivity index (χ1v) is 6.09. The molecule has 0 aromatic heterocycles. The van der Waals surface area contributed by atoms with Gasteiger partial charge in [0, 0.05) is 13.2 Å². The Hall–Kier alpha value is -1.32. The Bertz CT molecular complexity index is 353. The van der Waals surface area contributed by atoms with Crippen LogP contribution in [0.1, 0.15) is 18.4 Å². The van der Waals surface area contributed by atoms with E-state index in [1.54, 1.807) is 0 Å². The molecule has 1 aromatic carbocycles. The number of hydrogen-bond acceptors (Lipinski definition) is 3. The zero-order chi connectivity index (χ0) is 11.9. The minimum Gasteiger partial charge on any atom is -0.488 e. The van der Waals surface area contributed by atoms with Crippen LogP contribution in [-0.4, -0.2) is 25.9 Å². The van der Waals surface area contributed by atoms with Gasteiger partial charge < -0.3 is 15.2 Å². The maximum absolute atomic E-state index is 5.84. The lowest BCUT2D eigenvalue weighted by Crippen LogP contribution is -2.27. The van der Waals surface area contributed by atoms with Crippen molar-refractivity contribution in [2.75, 3.05) is 19.8 Å². The molecule has 1 fully saturated rings. The van der Waals surface area contributed by atoms with Crippen LogP contribution in [0, 0.1) is 0 Å². The first-order chi connectivity index (χ1) is 8.38. The van der Waals surface area contributed by atoms with E-state index in [0.29, 0.717) is 13.2 Å². The number of nitrogens with two attached hydrogens (primary N) is 1. The van der Waals surface area contributed by atoms with Crippen LogP contribution in [0.5, 0.6) is 5.75 Å². The van der Waals surface area contributed by atoms with Crippen LogP contribution in [0.15, 0.2) is 30.3 Å². The highest BCUT2D eigenvalue weighted by atomic mass is 16.5. The van der Waals surface area contributed by atoms with E-state index in [9.17, 15) is 0 Å². The van der Waals surface area contributed by atoms with Crippen molar-refractivity contribution in [1.82, 2.24) is 0 Å². The zero-order valence-corrected chi connectivity index (χ0v) is 9.97. The lowest BCUT2D eigenvalue weighted by molar-refractivity contribution is 0.00743. The topological polar surface area (TPSA) is 44.5 Å². The molecule has 1 aliphatic rings. The fourth-order valence-electron chi connectivity index (χ4n) is 1.86. The van der Waals surface area contributed by atoms with Crippen molar-refractivity contribution in [3.63, 3.8) is 0 Å². The summed E-state index contributed by atoms with van der Waals surface area (Å²) in [6.45, 7) is 2.13. The molecule has 1 saturated heterocycles. The molecule has 0 aliphatic carbocycles. The molecule has 1 heterocycles. The molecule has 3 heteroatoms. The molecule has 3 nitrogen and oxygen atoms in total. The summed E-state index contributed by atoms with van der Waals surface area (Å²) in [7, 11) is 0. The Labute approximate surface area is 102 Å². The third-order valence-electron chi connectivity index (χ3n) is 2.75. The quantitative estimate of drug-likeness (QED) is 0.867. The number of ether oxygens (including phenoxy) is 2. The molecule has 0 amide bonds. The fourth-order valence-corrected chi connectivity index (χ4v) is 1.86. The second-order valence-corrected chi connectivity index (χ2v) is 4.16. The Morgan fingerprint density at radius 2 is 2.18 bits per heavy atom. The average molecular weight is 233 g/mol. The van der Waals surface area contributed by atoms with E-state index in [1.165, 1.54) is 0 Å². The molecule has 0 spiro atoms. The van der Waals surface area contributed by atoms with Gasteiger partial charge in [-0.2, -0.15) is 0 Å². The van der Waals surface area contributed by atoms with Gasteiger partial charge >= 0.3 is 0 Å². The van der Waals surface area contributed by atoms with Crippen LogP contribution < -0.4 is 10.5 Å². The standard InChI is InChI=1S/C14H19NO2/c15-9-1-3-12-5-7-13(8-6-12)17-14-4-2-10-16-11-14/h1,3,5-8,14H,2,4,9-11,15H2/b3-1+. The van der Waals surface area contributed by atoms with Gasteiger partial charge in [-0.15, -0.1) is 0 Å². The van der Waals surface area contributed by atoms with Crippen LogP contribution in [0.4, 0.5) is 0 Å². The Balaban J connectivity index is 1.90. The molecule has 0 saturated carbocycles. The Kier molecular flexibility index (Phi) is 4.59. The lowest BCUT2D eigenvalue weighted by Gasteiger charge is -2.23. The monoisotopic (exact) mass is 233 g/mol. The summed E-state index contributed by atoms with van der Waals surface area (Å²) >= 11 is 0. The fraction of sp³-hybridized carbons (Fsp3) is 0.429. The van der Waals surface area contributed by atoms with E-state index in [1.807, 2.05) is 36.4 Å². The van der Waals surface area contributed by atoms with E-state index < -0.39 is 0 Å². The van der Waals surface area contributed by atoms with Crippen molar-refractivity contribution in [3.05, 3.63) is 35.9 Å². The van der Waals surface area contributed by atoms with Crippen LogP contribution in [-0.2, 0) is 4.74 Å². The van der Waals surface area contributed by atoms with Crippen LogP contribution in [0.25, 0.3) is 6.08 Å². The van der Waals surface area contributed by atoms with Gasteiger partial charge in [-0.3, -0.25) is 0 Å². The van der Waals surface area contributed by atoms with Crippen molar-refractivity contribution in [3.8, 4) is 5.75 Å². The molecule has 17 heavy (non-hydrogen) atoms. The van der Waals surface area contributed by atoms with Gasteiger partial charge in [0.15, 0.2) is 0 Å². The molecular formula is C14H19NO2. The summed E-state index contributed by atoms with van der Waals surface area (Å²) in [5.74, 6) is 0.908. The number of hydrogen-bond donors (Lipinski definition) is 1. The van der Waals surface area contributed by atoms with E-state index in [0.717, 1.165) is 30.8 Å². The lowest BCUT2D eigenvalue weighted by atomic mass is 10.1. The third kappa shape index (κ3) is 3.88. The second kappa shape index (κ2) is 6.42. The largest absolute Gasteiger partial charge is 0.488 e. The molecule has 1 atom stereocenters. The number of rotatable bonds is 4. The van der Waals surface area contributed by atoms with Crippen molar-refractivity contribution in [1.29, 1.82) is 0 Å². The Morgan fingerprint density at radius 1 is 1.35 bits per heavy atom. The van der Waals surface area contributed by atoms with Gasteiger partial charge in [-0.1, -0.05) is 24.3 Å². The molecule has 0 radical (unpaired) electrons. The van der Waals surface area contributed by atoms with Crippen LogP contribution >= 0.6 is 0 Å². The summed E-state index contributed by atoms with van der Waals surface area (Å²) in [5, 5.41) is 0. The summed E-state index contributed by atoms with van der Waals surface area (Å²) in [4.78, 5) is 0. The van der Waals surface area contributed by atoms with E-state index >= 15 is 0 Å². The predicted octanol–water partition coefficient (Wildman–Crippen LogP) is 2.22. The zero-order valence-electron chi connectivity index (χ0n) is 9.97. The molecule has 92 valence electrons. The maximum atomic E-state index is 5.84. The normalized spacial score (nSPS) is 20.6. The minimum atomic E-state index is 0.203. The predicted molar refractivity (Wildman–Crippen MR) is 69.0 cm³/mol. The van der Waals surface area contributed by atoms with Gasteiger partial charge in [0.2, 0.25) is 0 Å². The molecule has 2 N–H and O–H groups in total. The minimum absolute atomic E-state index is 0.203. The van der Waals surface area contributed by atoms with Crippen molar-refractivity contribution < 1.29 is 9.47 Å². The van der Waals surface area contributed by atoms with E-state index in [4.69, 9.17) is 15.2 Å². The van der Waals surface area contributed by atoms with Gasteiger partial charge in [-0.25, -0.2) is 0 Å². The first-order valence-electron chi connectivity index (χ1n) is 6.09. The first kappa shape index (κ1) is 12.1. The highest BCUT2D eigenvalue weighted by molar-refractivity contribution is 5.50.